The monoisotopic (exact) mass is 358 g/mol. The van der Waals surface area contributed by atoms with Crippen molar-refractivity contribution in [2.24, 2.45) is 0 Å². The fraction of sp³-hybridized carbons (Fsp3) is 1.00. The Morgan fingerprint density at radius 3 is 1.35 bits per heavy atom. The van der Waals surface area contributed by atoms with Gasteiger partial charge in [0.25, 0.3) is 10.1 Å². The van der Waals surface area contributed by atoms with E-state index in [1.807, 2.05) is 0 Å². The van der Waals surface area contributed by atoms with E-state index in [9.17, 15) is 8.42 Å². The van der Waals surface area contributed by atoms with Crippen LogP contribution in [0, 0.1) is 0 Å². The van der Waals surface area contributed by atoms with Crippen molar-refractivity contribution in [2.75, 3.05) is 0 Å². The molecule has 0 aliphatic carbocycles. The molecule has 136 valence electrons. The Morgan fingerprint density at radius 1 is 0.739 bits per heavy atom. The van der Waals surface area contributed by atoms with E-state index in [1.54, 1.807) is 6.92 Å². The summed E-state index contributed by atoms with van der Waals surface area (Å²) in [5.41, 5.74) is 0. The van der Waals surface area contributed by atoms with E-state index in [2.05, 4.69) is 6.92 Å². The summed E-state index contributed by atoms with van der Waals surface area (Å²) >= 11 is 0. The third kappa shape index (κ3) is 19.1. The molecule has 3 nitrogen and oxygen atoms in total. The van der Waals surface area contributed by atoms with E-state index in [1.165, 1.54) is 77.0 Å². The first-order valence-electron chi connectivity index (χ1n) is 9.44. The predicted octanol–water partition coefficient (Wildman–Crippen LogP) is 3.25. The van der Waals surface area contributed by atoms with Crippen molar-refractivity contribution >= 4 is 10.1 Å². The van der Waals surface area contributed by atoms with E-state index in [-0.39, 0.29) is 31.0 Å². The van der Waals surface area contributed by atoms with Gasteiger partial charge in [-0.05, 0) is 13.3 Å². The normalized spacial score (nSPS) is 12.8. The molecule has 0 rings (SSSR count). The minimum Gasteiger partial charge on any atom is -1.00 e. The molecule has 0 radical (unpaired) electrons. The Balaban J connectivity index is -0.00000220. The van der Waals surface area contributed by atoms with E-state index in [0.717, 1.165) is 12.8 Å². The van der Waals surface area contributed by atoms with Gasteiger partial charge < -0.3 is 1.43 Å². The zero-order valence-electron chi connectivity index (χ0n) is 16.9. The van der Waals surface area contributed by atoms with E-state index >= 15 is 0 Å². The molecule has 0 spiro atoms. The molecule has 0 saturated carbocycles. The average molecular weight is 359 g/mol. The molecule has 0 heterocycles. The number of hydrogen-bond donors (Lipinski definition) is 1. The van der Waals surface area contributed by atoms with Gasteiger partial charge in [0, 0.05) is 0 Å². The molecule has 0 aromatic heterocycles. The summed E-state index contributed by atoms with van der Waals surface area (Å²) in [4.78, 5) is 0. The van der Waals surface area contributed by atoms with Gasteiger partial charge in [-0.25, -0.2) is 0 Å². The number of unbranched alkanes of at least 4 members (excludes halogenated alkanes) is 13. The molecule has 0 fully saturated rings. The topological polar surface area (TPSA) is 54.4 Å². The van der Waals surface area contributed by atoms with E-state index < -0.39 is 15.4 Å². The maximum Gasteiger partial charge on any atom is 1.00 e. The van der Waals surface area contributed by atoms with Crippen LogP contribution in [0.3, 0.4) is 0 Å². The molecule has 1 unspecified atom stereocenters. The summed E-state index contributed by atoms with van der Waals surface area (Å²) in [6.45, 7) is 3.84. The molecule has 0 aromatic rings. The maximum absolute atomic E-state index is 10.9. The van der Waals surface area contributed by atoms with Gasteiger partial charge in [0.2, 0.25) is 0 Å². The van der Waals surface area contributed by atoms with Gasteiger partial charge in [-0.3, -0.25) is 4.55 Å². The number of rotatable bonds is 16. The summed E-state index contributed by atoms with van der Waals surface area (Å²) in [6.07, 6.45) is 18.8. The Kier molecular flexibility index (Phi) is 20.1. The average Bonchev–Trinajstić information content (AvgIpc) is 2.46. The zero-order valence-corrected chi connectivity index (χ0v) is 18.7. The summed E-state index contributed by atoms with van der Waals surface area (Å²) in [7, 11) is -3.82. The largest absolute Gasteiger partial charge is 1.00 e. The fourth-order valence-electron chi connectivity index (χ4n) is 2.78. The van der Waals surface area contributed by atoms with Crippen LogP contribution in [-0.4, -0.2) is 18.2 Å². The van der Waals surface area contributed by atoms with Crippen molar-refractivity contribution in [3.05, 3.63) is 0 Å². The van der Waals surface area contributed by atoms with Gasteiger partial charge in [0.05, 0.1) is 5.25 Å². The van der Waals surface area contributed by atoms with Crippen LogP contribution in [0.15, 0.2) is 0 Å². The molecule has 0 aliphatic rings. The summed E-state index contributed by atoms with van der Waals surface area (Å²) < 4.78 is 30.6. The van der Waals surface area contributed by atoms with Crippen molar-refractivity contribution < 1.29 is 44.0 Å². The summed E-state index contributed by atoms with van der Waals surface area (Å²) in [5, 5.41) is -0.607. The van der Waals surface area contributed by atoms with Crippen LogP contribution in [0.1, 0.15) is 112 Å². The molecule has 0 aliphatic heterocycles. The van der Waals surface area contributed by atoms with Gasteiger partial charge in [-0.15, -0.1) is 0 Å². The first-order chi connectivity index (χ1) is 10.5. The van der Waals surface area contributed by atoms with E-state index in [0.29, 0.717) is 6.42 Å². The molecule has 0 saturated heterocycles. The first-order valence-corrected chi connectivity index (χ1v) is 10.9. The standard InChI is InChI=1S/C18H38O3S.Na.H/c1-3-4-5-6-7-8-9-10-11-12-13-14-15-16-17-18(2)22(19,20)21;;/h18H,3-17H2,1-2H3,(H,19,20,21);;/q;+1;-1. The minimum absolute atomic E-state index is 0. The van der Waals surface area contributed by atoms with Crippen molar-refractivity contribution in [2.45, 2.75) is 115 Å². The van der Waals surface area contributed by atoms with Crippen LogP contribution in [0.4, 0.5) is 0 Å². The van der Waals surface area contributed by atoms with Gasteiger partial charge in [0.15, 0.2) is 0 Å². The summed E-state index contributed by atoms with van der Waals surface area (Å²) in [5.74, 6) is 0. The molecule has 0 amide bonds. The second kappa shape index (κ2) is 17.7. The fourth-order valence-corrected chi connectivity index (χ4v) is 3.24. The Hall–Kier alpha value is 0.910. The predicted molar refractivity (Wildman–Crippen MR) is 97.1 cm³/mol. The third-order valence-corrected chi connectivity index (χ3v) is 5.73. The molecule has 0 aromatic carbocycles. The maximum atomic E-state index is 10.9. The van der Waals surface area contributed by atoms with Crippen LogP contribution >= 0.6 is 0 Å². The third-order valence-electron chi connectivity index (χ3n) is 4.47. The Morgan fingerprint density at radius 2 is 1.04 bits per heavy atom. The van der Waals surface area contributed by atoms with Crippen LogP contribution in [0.25, 0.3) is 0 Å². The first kappa shape index (κ1) is 26.1. The van der Waals surface area contributed by atoms with E-state index in [4.69, 9.17) is 4.55 Å². The van der Waals surface area contributed by atoms with Crippen LogP contribution in [-0.2, 0) is 10.1 Å². The molecular formula is C18H39NaO3S. The molecule has 23 heavy (non-hydrogen) atoms. The van der Waals surface area contributed by atoms with Crippen molar-refractivity contribution in [1.82, 2.24) is 0 Å². The molecule has 1 N–H and O–H groups in total. The van der Waals surface area contributed by atoms with Crippen LogP contribution in [0.5, 0.6) is 0 Å². The van der Waals surface area contributed by atoms with Crippen molar-refractivity contribution in [3.8, 4) is 0 Å². The smallest absolute Gasteiger partial charge is 1.00 e. The SMILES string of the molecule is CCCCCCCCCCCCCCCCC(C)S(=O)(=O)O.[H-].[Na+]. The molecular weight excluding hydrogens is 319 g/mol. The van der Waals surface area contributed by atoms with Gasteiger partial charge in [-0.1, -0.05) is 96.8 Å². The summed E-state index contributed by atoms with van der Waals surface area (Å²) in [6, 6.07) is 0. The molecule has 1 atom stereocenters. The van der Waals surface area contributed by atoms with Gasteiger partial charge >= 0.3 is 29.6 Å². The van der Waals surface area contributed by atoms with Crippen molar-refractivity contribution in [1.29, 1.82) is 0 Å². The Bertz CT molecular complexity index is 337. The minimum atomic E-state index is -3.82. The van der Waals surface area contributed by atoms with Crippen molar-refractivity contribution in [3.63, 3.8) is 0 Å². The van der Waals surface area contributed by atoms with Crippen LogP contribution < -0.4 is 29.6 Å². The second-order valence-corrected chi connectivity index (χ2v) is 8.55. The van der Waals surface area contributed by atoms with Gasteiger partial charge in [-0.2, -0.15) is 8.42 Å². The number of hydrogen-bond acceptors (Lipinski definition) is 2. The Labute approximate surface area is 168 Å². The molecule has 0 bridgehead atoms. The van der Waals surface area contributed by atoms with Gasteiger partial charge in [0.1, 0.15) is 0 Å². The zero-order chi connectivity index (χ0) is 16.7. The quantitative estimate of drug-likeness (QED) is 0.262. The van der Waals surface area contributed by atoms with Crippen LogP contribution in [0.2, 0.25) is 0 Å². The second-order valence-electron chi connectivity index (χ2n) is 6.71. The molecule has 5 heteroatoms.